The minimum absolute atomic E-state index is 0.187. The lowest BCUT2D eigenvalue weighted by atomic mass is 10.0. The van der Waals surface area contributed by atoms with Gasteiger partial charge in [0.05, 0.1) is 5.56 Å². The number of rotatable bonds is 4. The average Bonchev–Trinajstić information content (AvgIpc) is 2.40. The molecule has 2 aromatic rings. The van der Waals surface area contributed by atoms with Crippen molar-refractivity contribution in [3.63, 3.8) is 0 Å². The van der Waals surface area contributed by atoms with E-state index in [9.17, 15) is 0 Å². The number of benzene rings is 1. The number of hydrogen-bond donors (Lipinski definition) is 0. The van der Waals surface area contributed by atoms with Crippen molar-refractivity contribution in [1.29, 1.82) is 0 Å². The standard InChI is InChI=1S/C16H18BrClN2O/c1-9(2)12-7-11(17)5-6-13(12)21-16-14(10(3)4)15(18)19-8-20-16/h5-10H,1-4H3. The van der Waals surface area contributed by atoms with Crippen LogP contribution in [0.5, 0.6) is 11.6 Å². The highest BCUT2D eigenvalue weighted by atomic mass is 79.9. The Hall–Kier alpha value is -1.13. The molecule has 0 N–H and O–H groups in total. The second kappa shape index (κ2) is 6.75. The molecule has 0 radical (unpaired) electrons. The van der Waals surface area contributed by atoms with Gasteiger partial charge in [-0.05, 0) is 35.6 Å². The molecule has 0 bridgehead atoms. The molecule has 0 fully saturated rings. The first kappa shape index (κ1) is 16.2. The van der Waals surface area contributed by atoms with E-state index in [1.54, 1.807) is 0 Å². The van der Waals surface area contributed by atoms with Crippen LogP contribution in [0, 0.1) is 0 Å². The molecule has 2 rings (SSSR count). The lowest BCUT2D eigenvalue weighted by molar-refractivity contribution is 0.443. The van der Waals surface area contributed by atoms with Crippen molar-refractivity contribution in [3.05, 3.63) is 45.3 Å². The topological polar surface area (TPSA) is 35.0 Å². The Kier molecular flexibility index (Phi) is 5.22. The second-order valence-corrected chi connectivity index (χ2v) is 6.75. The molecular formula is C16H18BrClN2O. The zero-order valence-electron chi connectivity index (χ0n) is 12.5. The Balaban J connectivity index is 2.46. The van der Waals surface area contributed by atoms with Crippen LogP contribution in [0.4, 0.5) is 0 Å². The quantitative estimate of drug-likeness (QED) is 0.626. The highest BCUT2D eigenvalue weighted by Crippen LogP contribution is 2.36. The number of nitrogens with zero attached hydrogens (tertiary/aromatic N) is 2. The molecule has 112 valence electrons. The van der Waals surface area contributed by atoms with Gasteiger partial charge in [0.15, 0.2) is 0 Å². The molecule has 0 saturated heterocycles. The van der Waals surface area contributed by atoms with Crippen molar-refractivity contribution in [2.24, 2.45) is 0 Å². The molecule has 3 nitrogen and oxygen atoms in total. The van der Waals surface area contributed by atoms with E-state index in [0.29, 0.717) is 17.0 Å². The lowest BCUT2D eigenvalue weighted by Gasteiger charge is -2.17. The molecule has 0 aliphatic carbocycles. The minimum Gasteiger partial charge on any atom is -0.438 e. The Morgan fingerprint density at radius 2 is 1.81 bits per heavy atom. The van der Waals surface area contributed by atoms with Gasteiger partial charge in [-0.1, -0.05) is 55.2 Å². The maximum absolute atomic E-state index is 6.18. The third-order valence-electron chi connectivity index (χ3n) is 3.18. The van der Waals surface area contributed by atoms with E-state index in [1.807, 2.05) is 26.0 Å². The molecule has 0 unspecified atom stereocenters. The maximum Gasteiger partial charge on any atom is 0.227 e. The van der Waals surface area contributed by atoms with E-state index in [2.05, 4.69) is 45.8 Å². The van der Waals surface area contributed by atoms with Gasteiger partial charge in [-0.3, -0.25) is 0 Å². The van der Waals surface area contributed by atoms with Gasteiger partial charge in [0.2, 0.25) is 5.88 Å². The van der Waals surface area contributed by atoms with Gasteiger partial charge < -0.3 is 4.74 Å². The summed E-state index contributed by atoms with van der Waals surface area (Å²) >= 11 is 9.68. The monoisotopic (exact) mass is 368 g/mol. The Morgan fingerprint density at radius 3 is 2.43 bits per heavy atom. The molecule has 5 heteroatoms. The van der Waals surface area contributed by atoms with E-state index < -0.39 is 0 Å². The van der Waals surface area contributed by atoms with Crippen molar-refractivity contribution < 1.29 is 4.74 Å². The molecule has 1 heterocycles. The SMILES string of the molecule is CC(C)c1cc(Br)ccc1Oc1ncnc(Cl)c1C(C)C. The molecule has 0 saturated carbocycles. The fraction of sp³-hybridized carbons (Fsp3) is 0.375. The van der Waals surface area contributed by atoms with Crippen molar-refractivity contribution in [2.75, 3.05) is 0 Å². The summed E-state index contributed by atoms with van der Waals surface area (Å²) in [5.41, 5.74) is 1.95. The van der Waals surface area contributed by atoms with Crippen LogP contribution < -0.4 is 4.74 Å². The van der Waals surface area contributed by atoms with Crippen molar-refractivity contribution in [3.8, 4) is 11.6 Å². The van der Waals surface area contributed by atoms with Gasteiger partial charge in [0.1, 0.15) is 17.2 Å². The van der Waals surface area contributed by atoms with Crippen LogP contribution in [0.2, 0.25) is 5.15 Å². The molecule has 1 aromatic carbocycles. The predicted molar refractivity (Wildman–Crippen MR) is 89.4 cm³/mol. The van der Waals surface area contributed by atoms with Gasteiger partial charge in [0.25, 0.3) is 0 Å². The average molecular weight is 370 g/mol. The van der Waals surface area contributed by atoms with Crippen LogP contribution in [0.25, 0.3) is 0 Å². The molecular weight excluding hydrogens is 352 g/mol. The third-order valence-corrected chi connectivity index (χ3v) is 3.97. The fourth-order valence-corrected chi connectivity index (χ4v) is 2.81. The largest absolute Gasteiger partial charge is 0.438 e. The first-order chi connectivity index (χ1) is 9.90. The number of halogens is 2. The summed E-state index contributed by atoms with van der Waals surface area (Å²) in [4.78, 5) is 8.29. The summed E-state index contributed by atoms with van der Waals surface area (Å²) in [5.74, 6) is 1.85. The van der Waals surface area contributed by atoms with Crippen LogP contribution in [0.1, 0.15) is 50.7 Å². The van der Waals surface area contributed by atoms with Crippen molar-refractivity contribution in [1.82, 2.24) is 9.97 Å². The van der Waals surface area contributed by atoms with Crippen LogP contribution in [-0.2, 0) is 0 Å². The van der Waals surface area contributed by atoms with E-state index in [0.717, 1.165) is 21.3 Å². The van der Waals surface area contributed by atoms with Crippen LogP contribution in [-0.4, -0.2) is 9.97 Å². The molecule has 0 spiro atoms. The molecule has 21 heavy (non-hydrogen) atoms. The minimum atomic E-state index is 0.187. The predicted octanol–water partition coefficient (Wildman–Crippen LogP) is 5.93. The van der Waals surface area contributed by atoms with Gasteiger partial charge in [-0.15, -0.1) is 0 Å². The first-order valence-corrected chi connectivity index (χ1v) is 8.05. The Labute approximate surface area is 138 Å². The Morgan fingerprint density at radius 1 is 1.10 bits per heavy atom. The molecule has 0 amide bonds. The van der Waals surface area contributed by atoms with Crippen LogP contribution in [0.3, 0.4) is 0 Å². The smallest absolute Gasteiger partial charge is 0.227 e. The fourth-order valence-electron chi connectivity index (χ4n) is 2.09. The summed E-state index contributed by atoms with van der Waals surface area (Å²) in [6.45, 7) is 8.35. The zero-order valence-corrected chi connectivity index (χ0v) is 14.9. The van der Waals surface area contributed by atoms with E-state index in [4.69, 9.17) is 16.3 Å². The summed E-state index contributed by atoms with van der Waals surface area (Å²) in [7, 11) is 0. The van der Waals surface area contributed by atoms with Gasteiger partial charge in [-0.25, -0.2) is 9.97 Å². The summed E-state index contributed by atoms with van der Waals surface area (Å²) in [6, 6.07) is 5.97. The summed E-state index contributed by atoms with van der Waals surface area (Å²) < 4.78 is 7.07. The lowest BCUT2D eigenvalue weighted by Crippen LogP contribution is -2.01. The summed E-state index contributed by atoms with van der Waals surface area (Å²) in [5, 5.41) is 0.443. The van der Waals surface area contributed by atoms with Crippen molar-refractivity contribution in [2.45, 2.75) is 39.5 Å². The number of ether oxygens (including phenoxy) is 1. The molecule has 0 atom stereocenters. The maximum atomic E-state index is 6.18. The van der Waals surface area contributed by atoms with E-state index in [1.165, 1.54) is 6.33 Å². The van der Waals surface area contributed by atoms with Gasteiger partial charge >= 0.3 is 0 Å². The first-order valence-electron chi connectivity index (χ1n) is 6.87. The van der Waals surface area contributed by atoms with Crippen LogP contribution in [0.15, 0.2) is 29.0 Å². The third kappa shape index (κ3) is 3.74. The zero-order chi connectivity index (χ0) is 15.6. The molecule has 0 aliphatic heterocycles. The molecule has 1 aromatic heterocycles. The van der Waals surface area contributed by atoms with Crippen molar-refractivity contribution >= 4 is 27.5 Å². The van der Waals surface area contributed by atoms with E-state index >= 15 is 0 Å². The Bertz CT molecular complexity index is 644. The summed E-state index contributed by atoms with van der Waals surface area (Å²) in [6.07, 6.45) is 1.43. The van der Waals surface area contributed by atoms with E-state index in [-0.39, 0.29) is 5.92 Å². The number of hydrogen-bond acceptors (Lipinski definition) is 3. The number of aromatic nitrogens is 2. The highest BCUT2D eigenvalue weighted by Gasteiger charge is 2.17. The van der Waals surface area contributed by atoms with Crippen LogP contribution >= 0.6 is 27.5 Å². The highest BCUT2D eigenvalue weighted by molar-refractivity contribution is 9.10. The second-order valence-electron chi connectivity index (χ2n) is 5.48. The van der Waals surface area contributed by atoms with Gasteiger partial charge in [-0.2, -0.15) is 0 Å². The normalized spacial score (nSPS) is 11.2. The van der Waals surface area contributed by atoms with Gasteiger partial charge in [0, 0.05) is 4.47 Å². The molecule has 0 aliphatic rings.